The lowest BCUT2D eigenvalue weighted by Crippen LogP contribution is -2.33. The van der Waals surface area contributed by atoms with Gasteiger partial charge in [0.1, 0.15) is 12.4 Å². The van der Waals surface area contributed by atoms with E-state index in [9.17, 15) is 4.79 Å². The van der Waals surface area contributed by atoms with Crippen LogP contribution in [0.25, 0.3) is 10.4 Å². The average Bonchev–Trinajstić information content (AvgIpc) is 3.00. The Morgan fingerprint density at radius 3 is 3.04 bits per heavy atom. The molecule has 23 heavy (non-hydrogen) atoms. The quantitative estimate of drug-likeness (QED) is 0.849. The summed E-state index contributed by atoms with van der Waals surface area (Å²) in [6.45, 7) is 2.52. The van der Waals surface area contributed by atoms with Gasteiger partial charge in [-0.3, -0.25) is 4.79 Å². The van der Waals surface area contributed by atoms with Crippen LogP contribution in [0.4, 0.5) is 0 Å². The molecule has 0 radical (unpaired) electrons. The molecule has 1 aromatic carbocycles. The first-order valence-electron chi connectivity index (χ1n) is 7.61. The van der Waals surface area contributed by atoms with Gasteiger partial charge in [0.2, 0.25) is 0 Å². The second kappa shape index (κ2) is 7.12. The maximum atomic E-state index is 12.3. The van der Waals surface area contributed by atoms with Crippen molar-refractivity contribution in [3.05, 3.63) is 40.8 Å². The zero-order chi connectivity index (χ0) is 16.2. The highest BCUT2D eigenvalue weighted by molar-refractivity contribution is 7.17. The number of carbonyl (C=O) groups excluding carboxylic acids is 1. The monoisotopic (exact) mass is 332 g/mol. The fourth-order valence-corrected chi connectivity index (χ4v) is 3.65. The standard InChI is InChI=1S/C17H20N2O3S/c1-19(8-9-20)7-6-18-17(21)15-10-12-11-22-14-5-3-2-4-13(14)16(12)23-15/h2-5,10,20H,6-9,11H2,1H3,(H,18,21). The number of rotatable bonds is 6. The molecule has 0 saturated heterocycles. The Kier molecular flexibility index (Phi) is 4.95. The maximum absolute atomic E-state index is 12.3. The molecule has 0 spiro atoms. The first-order chi connectivity index (χ1) is 11.2. The Morgan fingerprint density at radius 1 is 1.39 bits per heavy atom. The van der Waals surface area contributed by atoms with Crippen molar-refractivity contribution >= 4 is 17.2 Å². The molecule has 0 fully saturated rings. The number of nitrogens with zero attached hydrogens (tertiary/aromatic N) is 1. The highest BCUT2D eigenvalue weighted by atomic mass is 32.1. The van der Waals surface area contributed by atoms with E-state index in [1.807, 2.05) is 42.3 Å². The van der Waals surface area contributed by atoms with Crippen molar-refractivity contribution < 1.29 is 14.6 Å². The number of likely N-dealkylation sites (N-methyl/N-ethyl adjacent to an activating group) is 1. The van der Waals surface area contributed by atoms with Crippen molar-refractivity contribution in [1.29, 1.82) is 0 Å². The Hall–Kier alpha value is -1.89. The number of amides is 1. The molecule has 5 nitrogen and oxygen atoms in total. The van der Waals surface area contributed by atoms with Gasteiger partial charge in [-0.05, 0) is 25.2 Å². The van der Waals surface area contributed by atoms with Crippen LogP contribution in [-0.2, 0) is 6.61 Å². The molecular formula is C17H20N2O3S. The second-order valence-corrected chi connectivity index (χ2v) is 6.58. The second-order valence-electron chi connectivity index (χ2n) is 5.53. The van der Waals surface area contributed by atoms with Gasteiger partial charge in [0.25, 0.3) is 5.91 Å². The van der Waals surface area contributed by atoms with Crippen LogP contribution >= 0.6 is 11.3 Å². The molecule has 0 unspecified atom stereocenters. The zero-order valence-corrected chi connectivity index (χ0v) is 13.9. The lowest BCUT2D eigenvalue weighted by atomic mass is 10.1. The summed E-state index contributed by atoms with van der Waals surface area (Å²) in [5, 5.41) is 11.8. The van der Waals surface area contributed by atoms with Gasteiger partial charge in [0.15, 0.2) is 0 Å². The number of benzene rings is 1. The van der Waals surface area contributed by atoms with Crippen LogP contribution in [-0.4, -0.2) is 49.2 Å². The molecule has 122 valence electrons. The first kappa shape index (κ1) is 16.0. The van der Waals surface area contributed by atoms with Crippen molar-refractivity contribution in [2.45, 2.75) is 6.61 Å². The molecule has 2 N–H and O–H groups in total. The summed E-state index contributed by atoms with van der Waals surface area (Å²) in [6, 6.07) is 9.83. The van der Waals surface area contributed by atoms with Gasteiger partial charge >= 0.3 is 0 Å². The molecule has 0 bridgehead atoms. The molecule has 0 aliphatic carbocycles. The molecule has 6 heteroatoms. The van der Waals surface area contributed by atoms with E-state index < -0.39 is 0 Å². The zero-order valence-electron chi connectivity index (χ0n) is 13.0. The number of nitrogens with one attached hydrogen (secondary N) is 1. The number of carbonyl (C=O) groups is 1. The number of hydrogen-bond acceptors (Lipinski definition) is 5. The average molecular weight is 332 g/mol. The van der Waals surface area contributed by atoms with E-state index in [1.165, 1.54) is 11.3 Å². The Bertz CT molecular complexity index is 699. The molecule has 1 aliphatic rings. The summed E-state index contributed by atoms with van der Waals surface area (Å²) in [6.07, 6.45) is 0. The highest BCUT2D eigenvalue weighted by Gasteiger charge is 2.22. The van der Waals surface area contributed by atoms with E-state index in [4.69, 9.17) is 9.84 Å². The van der Waals surface area contributed by atoms with Gasteiger partial charge < -0.3 is 20.1 Å². The smallest absolute Gasteiger partial charge is 0.261 e. The van der Waals surface area contributed by atoms with Gasteiger partial charge in [0, 0.05) is 35.6 Å². The molecule has 2 heterocycles. The Labute approximate surface area is 139 Å². The fourth-order valence-electron chi connectivity index (χ4n) is 2.54. The third kappa shape index (κ3) is 3.55. The lowest BCUT2D eigenvalue weighted by Gasteiger charge is -2.16. The van der Waals surface area contributed by atoms with E-state index in [-0.39, 0.29) is 12.5 Å². The first-order valence-corrected chi connectivity index (χ1v) is 8.43. The summed E-state index contributed by atoms with van der Waals surface area (Å²) in [7, 11) is 1.92. The predicted molar refractivity (Wildman–Crippen MR) is 91.0 cm³/mol. The summed E-state index contributed by atoms with van der Waals surface area (Å²) in [5.41, 5.74) is 2.12. The van der Waals surface area contributed by atoms with Crippen LogP contribution in [0.2, 0.25) is 0 Å². The number of aliphatic hydroxyl groups excluding tert-OH is 1. The lowest BCUT2D eigenvalue weighted by molar-refractivity contribution is 0.0953. The normalized spacial score (nSPS) is 12.5. The Morgan fingerprint density at radius 2 is 2.22 bits per heavy atom. The minimum absolute atomic E-state index is 0.0562. The molecule has 1 aliphatic heterocycles. The fraction of sp³-hybridized carbons (Fsp3) is 0.353. The van der Waals surface area contributed by atoms with Crippen molar-refractivity contribution in [3.8, 4) is 16.2 Å². The van der Waals surface area contributed by atoms with E-state index in [0.29, 0.717) is 31.1 Å². The topological polar surface area (TPSA) is 61.8 Å². The summed E-state index contributed by atoms with van der Waals surface area (Å²) >= 11 is 1.51. The van der Waals surface area contributed by atoms with Crippen LogP contribution in [0.15, 0.2) is 30.3 Å². The summed E-state index contributed by atoms with van der Waals surface area (Å²) in [4.78, 5) is 16.1. The molecular weight excluding hydrogens is 312 g/mol. The van der Waals surface area contributed by atoms with Crippen LogP contribution in [0.5, 0.6) is 5.75 Å². The van der Waals surface area contributed by atoms with Crippen LogP contribution < -0.4 is 10.1 Å². The summed E-state index contributed by atoms with van der Waals surface area (Å²) in [5.74, 6) is 0.818. The molecule has 0 atom stereocenters. The predicted octanol–water partition coefficient (Wildman–Crippen LogP) is 1.96. The largest absolute Gasteiger partial charge is 0.488 e. The van der Waals surface area contributed by atoms with E-state index >= 15 is 0 Å². The molecule has 0 saturated carbocycles. The molecule has 2 aromatic rings. The minimum Gasteiger partial charge on any atom is -0.488 e. The van der Waals surface area contributed by atoms with Gasteiger partial charge in [-0.25, -0.2) is 0 Å². The van der Waals surface area contributed by atoms with Crippen molar-refractivity contribution in [3.63, 3.8) is 0 Å². The van der Waals surface area contributed by atoms with Gasteiger partial charge in [0.05, 0.1) is 11.5 Å². The SMILES string of the molecule is CN(CCO)CCNC(=O)c1cc2c(s1)-c1ccccc1OC2. The number of para-hydroxylation sites is 1. The summed E-state index contributed by atoms with van der Waals surface area (Å²) < 4.78 is 5.73. The van der Waals surface area contributed by atoms with Crippen LogP contribution in [0.1, 0.15) is 15.2 Å². The van der Waals surface area contributed by atoms with Crippen LogP contribution in [0, 0.1) is 0 Å². The van der Waals surface area contributed by atoms with E-state index in [2.05, 4.69) is 5.32 Å². The molecule has 3 rings (SSSR count). The molecule has 1 amide bonds. The van der Waals surface area contributed by atoms with Gasteiger partial charge in [-0.15, -0.1) is 11.3 Å². The van der Waals surface area contributed by atoms with Gasteiger partial charge in [-0.2, -0.15) is 0 Å². The van der Waals surface area contributed by atoms with E-state index in [1.54, 1.807) is 0 Å². The van der Waals surface area contributed by atoms with Gasteiger partial charge in [-0.1, -0.05) is 12.1 Å². The van der Waals surface area contributed by atoms with Crippen molar-refractivity contribution in [1.82, 2.24) is 10.2 Å². The highest BCUT2D eigenvalue weighted by Crippen LogP contribution is 2.42. The van der Waals surface area contributed by atoms with Crippen molar-refractivity contribution in [2.75, 3.05) is 33.3 Å². The third-order valence-electron chi connectivity index (χ3n) is 3.81. The van der Waals surface area contributed by atoms with Crippen LogP contribution in [0.3, 0.4) is 0 Å². The number of aliphatic hydroxyl groups is 1. The van der Waals surface area contributed by atoms with Crippen molar-refractivity contribution in [2.24, 2.45) is 0 Å². The number of ether oxygens (including phenoxy) is 1. The minimum atomic E-state index is -0.0562. The maximum Gasteiger partial charge on any atom is 0.261 e. The third-order valence-corrected chi connectivity index (χ3v) is 5.02. The number of fused-ring (bicyclic) bond motifs is 3. The number of thiophene rings is 1. The number of hydrogen-bond donors (Lipinski definition) is 2. The molecule has 1 aromatic heterocycles. The van der Waals surface area contributed by atoms with E-state index in [0.717, 1.165) is 21.8 Å². The Balaban J connectivity index is 1.67.